The molecule has 0 fully saturated rings. The molecule has 0 aliphatic heterocycles. The summed E-state index contributed by atoms with van der Waals surface area (Å²) in [6, 6.07) is 11.8. The molecule has 0 aliphatic rings. The van der Waals surface area contributed by atoms with E-state index in [9.17, 15) is 0 Å². The number of thiophene rings is 1. The van der Waals surface area contributed by atoms with Crippen LogP contribution in [0.25, 0.3) is 5.70 Å². The molecule has 0 unspecified atom stereocenters. The van der Waals surface area contributed by atoms with E-state index >= 15 is 0 Å². The van der Waals surface area contributed by atoms with Crippen molar-refractivity contribution < 1.29 is 0 Å². The van der Waals surface area contributed by atoms with Gasteiger partial charge >= 0.3 is 0 Å². The fourth-order valence-electron chi connectivity index (χ4n) is 1.43. The van der Waals surface area contributed by atoms with E-state index < -0.39 is 0 Å². The molecule has 0 bridgehead atoms. The number of nitrogens with two attached hydrogens (primary N) is 1. The number of hydrogen-bond acceptors (Lipinski definition) is 3. The van der Waals surface area contributed by atoms with Crippen molar-refractivity contribution in [1.82, 2.24) is 0 Å². The zero-order chi connectivity index (χ0) is 11.5. The lowest BCUT2D eigenvalue weighted by atomic mass is 10.2. The van der Waals surface area contributed by atoms with Crippen LogP contribution in [0.4, 0.5) is 11.4 Å². The molecule has 2 rings (SSSR count). The third-order valence-electron chi connectivity index (χ3n) is 2.28. The van der Waals surface area contributed by atoms with Gasteiger partial charge < -0.3 is 11.1 Å². The van der Waals surface area contributed by atoms with Gasteiger partial charge in [0, 0.05) is 10.6 Å². The monoisotopic (exact) mass is 230 g/mol. The molecule has 2 nitrogen and oxygen atoms in total. The molecule has 0 spiro atoms. The Morgan fingerprint density at radius 1 is 1.25 bits per heavy atom. The Labute approximate surface area is 99.4 Å². The van der Waals surface area contributed by atoms with E-state index in [-0.39, 0.29) is 0 Å². The first-order valence-electron chi connectivity index (χ1n) is 5.04. The van der Waals surface area contributed by atoms with Gasteiger partial charge in [-0.15, -0.1) is 11.3 Å². The second kappa shape index (κ2) is 4.41. The van der Waals surface area contributed by atoms with Crippen molar-refractivity contribution in [1.29, 1.82) is 0 Å². The molecule has 0 saturated carbocycles. The van der Waals surface area contributed by atoms with Crippen LogP contribution in [0.2, 0.25) is 0 Å². The SMILES string of the molecule is C=C(Nc1ccccc1N)c1ccc(C)s1. The first-order valence-corrected chi connectivity index (χ1v) is 5.86. The summed E-state index contributed by atoms with van der Waals surface area (Å²) in [7, 11) is 0. The molecule has 0 saturated heterocycles. The van der Waals surface area contributed by atoms with Crippen LogP contribution in [-0.2, 0) is 0 Å². The number of rotatable bonds is 3. The van der Waals surface area contributed by atoms with E-state index in [1.807, 2.05) is 24.3 Å². The molecule has 16 heavy (non-hydrogen) atoms. The largest absolute Gasteiger partial charge is 0.397 e. The van der Waals surface area contributed by atoms with Gasteiger partial charge in [0.2, 0.25) is 0 Å². The Kier molecular flexibility index (Phi) is 2.97. The molecule has 82 valence electrons. The third-order valence-corrected chi connectivity index (χ3v) is 3.34. The molecule has 2 aromatic rings. The summed E-state index contributed by atoms with van der Waals surface area (Å²) in [5, 5.41) is 3.23. The second-order valence-electron chi connectivity index (χ2n) is 3.60. The highest BCUT2D eigenvalue weighted by molar-refractivity contribution is 7.13. The minimum absolute atomic E-state index is 0.733. The van der Waals surface area contributed by atoms with Crippen molar-refractivity contribution in [2.45, 2.75) is 6.92 Å². The highest BCUT2D eigenvalue weighted by atomic mass is 32.1. The summed E-state index contributed by atoms with van der Waals surface area (Å²) >= 11 is 1.72. The Balaban J connectivity index is 2.17. The maximum atomic E-state index is 5.85. The van der Waals surface area contributed by atoms with Gasteiger partial charge in [-0.2, -0.15) is 0 Å². The van der Waals surface area contributed by atoms with Gasteiger partial charge in [0.05, 0.1) is 16.3 Å². The summed E-state index contributed by atoms with van der Waals surface area (Å²) in [5.74, 6) is 0. The van der Waals surface area contributed by atoms with E-state index in [1.54, 1.807) is 11.3 Å². The molecule has 1 aromatic carbocycles. The Bertz CT molecular complexity index is 514. The van der Waals surface area contributed by atoms with Gasteiger partial charge in [0.1, 0.15) is 0 Å². The molecule has 0 radical (unpaired) electrons. The Morgan fingerprint density at radius 3 is 2.62 bits per heavy atom. The van der Waals surface area contributed by atoms with Crippen LogP contribution >= 0.6 is 11.3 Å². The fraction of sp³-hybridized carbons (Fsp3) is 0.0769. The minimum atomic E-state index is 0.733. The second-order valence-corrected chi connectivity index (χ2v) is 4.89. The molecule has 3 N–H and O–H groups in total. The maximum absolute atomic E-state index is 5.85. The lowest BCUT2D eigenvalue weighted by molar-refractivity contribution is 1.59. The van der Waals surface area contributed by atoms with Gasteiger partial charge in [-0.05, 0) is 31.2 Å². The van der Waals surface area contributed by atoms with Crippen molar-refractivity contribution in [3.63, 3.8) is 0 Å². The molecule has 0 atom stereocenters. The zero-order valence-corrected chi connectivity index (χ0v) is 9.97. The molecule has 0 amide bonds. The first kappa shape index (κ1) is 10.8. The van der Waals surface area contributed by atoms with E-state index in [0.29, 0.717) is 0 Å². The Hall–Kier alpha value is -1.74. The number of nitrogens with one attached hydrogen (secondary N) is 1. The lowest BCUT2D eigenvalue weighted by Crippen LogP contribution is -1.99. The number of aryl methyl sites for hydroxylation is 1. The first-order chi connectivity index (χ1) is 7.66. The number of benzene rings is 1. The van der Waals surface area contributed by atoms with Crippen LogP contribution in [0, 0.1) is 6.92 Å². The quantitative estimate of drug-likeness (QED) is 0.789. The van der Waals surface area contributed by atoms with E-state index in [1.165, 1.54) is 4.88 Å². The van der Waals surface area contributed by atoms with Crippen molar-refractivity contribution in [3.8, 4) is 0 Å². The van der Waals surface area contributed by atoms with Crippen molar-refractivity contribution in [2.75, 3.05) is 11.1 Å². The maximum Gasteiger partial charge on any atom is 0.0618 e. The summed E-state index contributed by atoms with van der Waals surface area (Å²) in [6.45, 7) is 6.10. The molecular formula is C13H14N2S. The predicted octanol–water partition coefficient (Wildman–Crippen LogP) is 3.72. The van der Waals surface area contributed by atoms with Crippen LogP contribution < -0.4 is 11.1 Å². The average Bonchev–Trinajstić information content (AvgIpc) is 2.68. The van der Waals surface area contributed by atoms with Crippen LogP contribution in [0.5, 0.6) is 0 Å². The smallest absolute Gasteiger partial charge is 0.0618 e. The summed E-state index contributed by atoms with van der Waals surface area (Å²) < 4.78 is 0. The van der Waals surface area contributed by atoms with Gasteiger partial charge in [-0.3, -0.25) is 0 Å². The summed E-state index contributed by atoms with van der Waals surface area (Å²) in [5.41, 5.74) is 8.37. The van der Waals surface area contributed by atoms with Gasteiger partial charge in [-0.1, -0.05) is 18.7 Å². The van der Waals surface area contributed by atoms with Crippen LogP contribution in [0.3, 0.4) is 0 Å². The number of para-hydroxylation sites is 2. The van der Waals surface area contributed by atoms with Gasteiger partial charge in [-0.25, -0.2) is 0 Å². The van der Waals surface area contributed by atoms with Crippen molar-refractivity contribution in [3.05, 3.63) is 52.7 Å². The zero-order valence-electron chi connectivity index (χ0n) is 9.16. The third kappa shape index (κ3) is 2.25. The normalized spacial score (nSPS) is 10.1. The highest BCUT2D eigenvalue weighted by Gasteiger charge is 2.03. The fourth-order valence-corrected chi connectivity index (χ4v) is 2.22. The number of hydrogen-bond donors (Lipinski definition) is 2. The molecular weight excluding hydrogens is 216 g/mol. The molecule has 1 aromatic heterocycles. The Morgan fingerprint density at radius 2 is 2.00 bits per heavy atom. The summed E-state index contributed by atoms with van der Waals surface area (Å²) in [4.78, 5) is 2.42. The molecule has 3 heteroatoms. The van der Waals surface area contributed by atoms with Crippen LogP contribution in [0.15, 0.2) is 43.0 Å². The summed E-state index contributed by atoms with van der Waals surface area (Å²) in [6.07, 6.45) is 0. The topological polar surface area (TPSA) is 38.0 Å². The number of anilines is 2. The predicted molar refractivity (Wildman–Crippen MR) is 72.6 cm³/mol. The van der Waals surface area contributed by atoms with Gasteiger partial charge in [0.15, 0.2) is 0 Å². The van der Waals surface area contributed by atoms with Crippen molar-refractivity contribution >= 4 is 28.4 Å². The molecule has 0 aliphatic carbocycles. The van der Waals surface area contributed by atoms with Crippen LogP contribution in [0.1, 0.15) is 9.75 Å². The van der Waals surface area contributed by atoms with E-state index in [0.717, 1.165) is 21.9 Å². The van der Waals surface area contributed by atoms with E-state index in [2.05, 4.69) is 31.0 Å². The molecule has 1 heterocycles. The standard InChI is InChI=1S/C13H14N2S/c1-9-7-8-13(16-9)10(2)15-12-6-4-3-5-11(12)14/h3-8,15H,2,14H2,1H3. The lowest BCUT2D eigenvalue weighted by Gasteiger charge is -2.09. The van der Waals surface area contributed by atoms with Gasteiger partial charge in [0.25, 0.3) is 0 Å². The van der Waals surface area contributed by atoms with Crippen LogP contribution in [-0.4, -0.2) is 0 Å². The average molecular weight is 230 g/mol. The minimum Gasteiger partial charge on any atom is -0.397 e. The van der Waals surface area contributed by atoms with E-state index in [4.69, 9.17) is 5.73 Å². The van der Waals surface area contributed by atoms with Crippen molar-refractivity contribution in [2.24, 2.45) is 0 Å². The number of nitrogen functional groups attached to an aromatic ring is 1. The highest BCUT2D eigenvalue weighted by Crippen LogP contribution is 2.26.